The van der Waals surface area contributed by atoms with Gasteiger partial charge in [0.25, 0.3) is 0 Å². The topological polar surface area (TPSA) is 53.8 Å². The third-order valence-electron chi connectivity index (χ3n) is 2.19. The first-order valence-electron chi connectivity index (χ1n) is 5.26. The number of hydrogen-bond acceptors (Lipinski definition) is 4. The van der Waals surface area contributed by atoms with E-state index in [1.54, 1.807) is 0 Å². The fourth-order valence-corrected chi connectivity index (χ4v) is 2.52. The molecule has 1 saturated heterocycles. The zero-order valence-corrected chi connectivity index (χ0v) is 12.1. The average Bonchev–Trinajstić information content (AvgIpc) is 2.73. The highest BCUT2D eigenvalue weighted by atomic mass is 79.9. The van der Waals surface area contributed by atoms with Crippen LogP contribution < -0.4 is 5.32 Å². The van der Waals surface area contributed by atoms with E-state index < -0.39 is 11.7 Å². The molecule has 1 amide bonds. The summed E-state index contributed by atoms with van der Waals surface area (Å²) in [5, 5.41) is 10.2. The largest absolute Gasteiger partial charge is 0.416 e. The predicted molar refractivity (Wildman–Crippen MR) is 74.8 cm³/mol. The second-order valence-electron chi connectivity index (χ2n) is 3.76. The Hall–Kier alpha value is -1.35. The summed E-state index contributed by atoms with van der Waals surface area (Å²) >= 11 is 4.20. The summed E-state index contributed by atoms with van der Waals surface area (Å²) < 4.78 is 38.1. The van der Waals surface area contributed by atoms with Gasteiger partial charge in [-0.1, -0.05) is 27.7 Å². The monoisotopic (exact) mass is 365 g/mol. The van der Waals surface area contributed by atoms with Gasteiger partial charge in [0.2, 0.25) is 5.91 Å². The number of amidine groups is 1. The van der Waals surface area contributed by atoms with Crippen LogP contribution in [0.1, 0.15) is 11.1 Å². The second-order valence-corrected chi connectivity index (χ2v) is 5.64. The number of carbonyl (C=O) groups is 1. The van der Waals surface area contributed by atoms with E-state index in [9.17, 15) is 18.0 Å². The molecule has 0 unspecified atom stereocenters. The van der Waals surface area contributed by atoms with E-state index in [0.717, 1.165) is 12.1 Å². The molecule has 20 heavy (non-hydrogen) atoms. The summed E-state index contributed by atoms with van der Waals surface area (Å²) in [7, 11) is 0. The number of thioether (sulfide) groups is 1. The first-order valence-corrected chi connectivity index (χ1v) is 7.04. The summed E-state index contributed by atoms with van der Waals surface area (Å²) in [5.74, 6) is 0.0921. The van der Waals surface area contributed by atoms with E-state index in [4.69, 9.17) is 0 Å². The van der Waals surface area contributed by atoms with Gasteiger partial charge in [0, 0.05) is 4.47 Å². The molecule has 1 N–H and O–H groups in total. The maximum atomic E-state index is 12.6. The number of hydrogen-bond donors (Lipinski definition) is 1. The Morgan fingerprint density at radius 2 is 2.10 bits per heavy atom. The van der Waals surface area contributed by atoms with Gasteiger partial charge < -0.3 is 5.32 Å². The number of halogens is 4. The maximum Gasteiger partial charge on any atom is 0.416 e. The van der Waals surface area contributed by atoms with Gasteiger partial charge in [0.1, 0.15) is 0 Å². The zero-order chi connectivity index (χ0) is 14.8. The van der Waals surface area contributed by atoms with Crippen molar-refractivity contribution in [3.63, 3.8) is 0 Å². The molecule has 9 heteroatoms. The fourth-order valence-electron chi connectivity index (χ4n) is 1.38. The first-order chi connectivity index (χ1) is 9.34. The molecule has 0 bridgehead atoms. The molecule has 0 spiro atoms. The highest BCUT2D eigenvalue weighted by Crippen LogP contribution is 2.31. The number of carbonyl (C=O) groups excluding carboxylic acids is 1. The van der Waals surface area contributed by atoms with Crippen LogP contribution in [0, 0.1) is 0 Å². The minimum Gasteiger partial charge on any atom is -0.303 e. The van der Waals surface area contributed by atoms with E-state index in [2.05, 4.69) is 31.4 Å². The van der Waals surface area contributed by atoms with E-state index in [0.29, 0.717) is 9.64 Å². The minimum absolute atomic E-state index is 0.175. The van der Waals surface area contributed by atoms with Crippen molar-refractivity contribution >= 4 is 45.0 Å². The molecule has 0 saturated carbocycles. The SMILES string of the molecule is O=C1CSC(=NN=Cc2cc(Br)cc(C(F)(F)F)c2)N1. The molecule has 1 fully saturated rings. The lowest BCUT2D eigenvalue weighted by molar-refractivity contribution is -0.137. The Labute approximate surface area is 124 Å². The summed E-state index contributed by atoms with van der Waals surface area (Å²) in [6, 6.07) is 3.43. The van der Waals surface area contributed by atoms with Crippen molar-refractivity contribution in [2.24, 2.45) is 10.2 Å². The Kier molecular flexibility index (Phi) is 4.48. The van der Waals surface area contributed by atoms with Gasteiger partial charge in [0.15, 0.2) is 5.17 Å². The van der Waals surface area contributed by atoms with Crippen LogP contribution in [0.25, 0.3) is 0 Å². The number of nitrogens with zero attached hydrogens (tertiary/aromatic N) is 2. The second kappa shape index (κ2) is 5.96. The molecule has 2 rings (SSSR count). The molecule has 0 aliphatic carbocycles. The lowest BCUT2D eigenvalue weighted by Crippen LogP contribution is -2.19. The Bertz CT molecular complexity index is 601. The maximum absolute atomic E-state index is 12.6. The summed E-state index contributed by atoms with van der Waals surface area (Å²) in [4.78, 5) is 10.9. The zero-order valence-electron chi connectivity index (χ0n) is 9.74. The number of alkyl halides is 3. The third kappa shape index (κ3) is 4.07. The number of nitrogens with one attached hydrogen (secondary N) is 1. The van der Waals surface area contributed by atoms with Crippen LogP contribution in [-0.4, -0.2) is 23.0 Å². The fraction of sp³-hybridized carbons (Fsp3) is 0.182. The highest BCUT2D eigenvalue weighted by Gasteiger charge is 2.30. The normalized spacial score (nSPS) is 18.0. The third-order valence-corrected chi connectivity index (χ3v) is 3.51. The number of amides is 1. The standard InChI is InChI=1S/C11H7BrF3N3OS/c12-8-2-6(1-7(3-8)11(13,14)15)4-16-18-10-17-9(19)5-20-10/h1-4H,5H2,(H,17,18,19). The van der Waals surface area contributed by atoms with Gasteiger partial charge in [-0.15, -0.1) is 5.10 Å². The van der Waals surface area contributed by atoms with Crippen molar-refractivity contribution in [2.75, 3.05) is 5.75 Å². The van der Waals surface area contributed by atoms with Gasteiger partial charge in [-0.25, -0.2) is 0 Å². The molecule has 0 radical (unpaired) electrons. The van der Waals surface area contributed by atoms with Crippen molar-refractivity contribution < 1.29 is 18.0 Å². The Morgan fingerprint density at radius 3 is 2.70 bits per heavy atom. The van der Waals surface area contributed by atoms with Gasteiger partial charge in [0.05, 0.1) is 17.5 Å². The molecule has 1 aliphatic rings. The van der Waals surface area contributed by atoms with E-state index in [1.807, 2.05) is 0 Å². The van der Waals surface area contributed by atoms with Crippen LogP contribution in [0.15, 0.2) is 32.9 Å². The van der Waals surface area contributed by atoms with Crippen LogP contribution in [0.4, 0.5) is 13.2 Å². The molecule has 4 nitrogen and oxygen atoms in total. The highest BCUT2D eigenvalue weighted by molar-refractivity contribution is 9.10. The lowest BCUT2D eigenvalue weighted by Gasteiger charge is -2.07. The van der Waals surface area contributed by atoms with Crippen molar-refractivity contribution in [1.82, 2.24) is 5.32 Å². The van der Waals surface area contributed by atoms with E-state index in [-0.39, 0.29) is 17.2 Å². The van der Waals surface area contributed by atoms with Gasteiger partial charge in [-0.2, -0.15) is 18.3 Å². The van der Waals surface area contributed by atoms with Crippen molar-refractivity contribution in [3.8, 4) is 0 Å². The smallest absolute Gasteiger partial charge is 0.303 e. The van der Waals surface area contributed by atoms with Crippen molar-refractivity contribution in [1.29, 1.82) is 0 Å². The summed E-state index contributed by atoms with van der Waals surface area (Å²) in [5.41, 5.74) is -0.519. The van der Waals surface area contributed by atoms with E-state index >= 15 is 0 Å². The molecular weight excluding hydrogens is 359 g/mol. The van der Waals surface area contributed by atoms with Gasteiger partial charge >= 0.3 is 6.18 Å². The lowest BCUT2D eigenvalue weighted by atomic mass is 10.1. The average molecular weight is 366 g/mol. The minimum atomic E-state index is -4.42. The molecule has 0 aromatic heterocycles. The molecule has 1 heterocycles. The Balaban J connectivity index is 2.17. The van der Waals surface area contributed by atoms with E-state index in [1.165, 1.54) is 24.0 Å². The predicted octanol–water partition coefficient (Wildman–Crippen LogP) is 3.02. The molecule has 0 atom stereocenters. The molecular formula is C11H7BrF3N3OS. The van der Waals surface area contributed by atoms with Gasteiger partial charge in [-0.05, 0) is 23.8 Å². The Morgan fingerprint density at radius 1 is 1.35 bits per heavy atom. The number of rotatable bonds is 2. The van der Waals surface area contributed by atoms with Crippen LogP contribution in [-0.2, 0) is 11.0 Å². The van der Waals surface area contributed by atoms with Crippen molar-refractivity contribution in [2.45, 2.75) is 6.18 Å². The number of benzene rings is 1. The molecule has 1 aromatic carbocycles. The molecule has 106 valence electrons. The van der Waals surface area contributed by atoms with Crippen molar-refractivity contribution in [3.05, 3.63) is 33.8 Å². The summed E-state index contributed by atoms with van der Waals surface area (Å²) in [6.07, 6.45) is -3.23. The van der Waals surface area contributed by atoms with Crippen LogP contribution >= 0.6 is 27.7 Å². The first kappa shape index (κ1) is 15.0. The van der Waals surface area contributed by atoms with Crippen LogP contribution in [0.5, 0.6) is 0 Å². The van der Waals surface area contributed by atoms with Crippen LogP contribution in [0.2, 0.25) is 0 Å². The quantitative estimate of drug-likeness (QED) is 0.646. The van der Waals surface area contributed by atoms with Gasteiger partial charge in [-0.3, -0.25) is 4.79 Å². The summed E-state index contributed by atoms with van der Waals surface area (Å²) in [6.45, 7) is 0. The molecule has 1 aromatic rings. The van der Waals surface area contributed by atoms with Crippen LogP contribution in [0.3, 0.4) is 0 Å². The molecule has 1 aliphatic heterocycles.